The number of carbonyl (C=O) groups excluding carboxylic acids is 1. The van der Waals surface area contributed by atoms with Crippen LogP contribution < -0.4 is 10.6 Å². The van der Waals surface area contributed by atoms with Gasteiger partial charge in [-0.1, -0.05) is 0 Å². The van der Waals surface area contributed by atoms with Crippen molar-refractivity contribution in [2.75, 3.05) is 10.6 Å². The van der Waals surface area contributed by atoms with Crippen molar-refractivity contribution in [3.05, 3.63) is 41.7 Å². The van der Waals surface area contributed by atoms with E-state index in [4.69, 9.17) is 4.74 Å². The molecule has 2 rings (SSSR count). The van der Waals surface area contributed by atoms with Gasteiger partial charge in [0.2, 0.25) is 0 Å². The van der Waals surface area contributed by atoms with Gasteiger partial charge in [0.15, 0.2) is 0 Å². The van der Waals surface area contributed by atoms with Crippen LogP contribution in [0.25, 0.3) is 0 Å². The number of hydrogen-bond donors (Lipinski definition) is 3. The van der Waals surface area contributed by atoms with Crippen LogP contribution in [0.4, 0.5) is 20.6 Å². The van der Waals surface area contributed by atoms with E-state index in [2.05, 4.69) is 20.6 Å². The van der Waals surface area contributed by atoms with Gasteiger partial charge in [0.25, 0.3) is 0 Å². The van der Waals surface area contributed by atoms with Crippen LogP contribution in [0.3, 0.4) is 0 Å². The highest BCUT2D eigenvalue weighted by molar-refractivity contribution is 5.85. The fraction of sp³-hybridized carbons (Fsp3) is 0.375. The minimum absolute atomic E-state index is 0.0602. The molecule has 0 spiro atoms. The first-order valence-corrected chi connectivity index (χ1v) is 7.27. The number of nitrogens with zero attached hydrogens (tertiary/aromatic N) is 1. The highest BCUT2D eigenvalue weighted by Crippen LogP contribution is 2.21. The summed E-state index contributed by atoms with van der Waals surface area (Å²) in [6.07, 6.45) is 1.03. The van der Waals surface area contributed by atoms with E-state index in [1.54, 1.807) is 33.0 Å². The summed E-state index contributed by atoms with van der Waals surface area (Å²) in [5.74, 6) is 0.298. The minimum atomic E-state index is -0.697. The molecule has 0 unspecified atom stereocenters. The number of amides is 1. The lowest BCUT2D eigenvalue weighted by Crippen LogP contribution is -2.27. The number of hydrogen-bond acceptors (Lipinski definition) is 4. The maximum absolute atomic E-state index is 13.8. The topological polar surface area (TPSA) is 79.0 Å². The van der Waals surface area contributed by atoms with E-state index < -0.39 is 17.5 Å². The Morgan fingerprint density at radius 1 is 1.39 bits per heavy atom. The number of aryl methyl sites for hydroxylation is 1. The summed E-state index contributed by atoms with van der Waals surface area (Å²) < 4.78 is 18.9. The Morgan fingerprint density at radius 3 is 2.74 bits per heavy atom. The maximum atomic E-state index is 13.8. The van der Waals surface area contributed by atoms with E-state index in [0.29, 0.717) is 12.2 Å². The van der Waals surface area contributed by atoms with Gasteiger partial charge in [-0.25, -0.2) is 14.2 Å². The smallest absolute Gasteiger partial charge is 0.412 e. The Bertz CT molecular complexity index is 692. The van der Waals surface area contributed by atoms with Gasteiger partial charge in [0.05, 0.1) is 24.1 Å². The Morgan fingerprint density at radius 2 is 2.13 bits per heavy atom. The van der Waals surface area contributed by atoms with E-state index >= 15 is 0 Å². The zero-order valence-electron chi connectivity index (χ0n) is 13.7. The zero-order chi connectivity index (χ0) is 17.0. The molecule has 0 aliphatic heterocycles. The normalized spacial score (nSPS) is 11.2. The predicted molar refractivity (Wildman–Crippen MR) is 86.9 cm³/mol. The van der Waals surface area contributed by atoms with Gasteiger partial charge in [-0.05, 0) is 45.9 Å². The van der Waals surface area contributed by atoms with E-state index in [1.807, 2.05) is 6.92 Å². The molecular weight excluding hydrogens is 299 g/mol. The lowest BCUT2D eigenvalue weighted by molar-refractivity contribution is 0.0635. The van der Waals surface area contributed by atoms with Gasteiger partial charge in [-0.2, -0.15) is 0 Å². The van der Waals surface area contributed by atoms with E-state index in [0.717, 1.165) is 11.5 Å². The number of imidazole rings is 1. The first kappa shape index (κ1) is 16.8. The number of H-pyrrole nitrogens is 1. The van der Waals surface area contributed by atoms with Gasteiger partial charge in [-0.3, -0.25) is 5.32 Å². The Balaban J connectivity index is 2.02. The molecule has 0 radical (unpaired) electrons. The lowest BCUT2D eigenvalue weighted by Gasteiger charge is -2.20. The monoisotopic (exact) mass is 320 g/mol. The number of aromatic amines is 1. The Labute approximate surface area is 134 Å². The molecule has 0 atom stereocenters. The number of anilines is 2. The fourth-order valence-electron chi connectivity index (χ4n) is 1.90. The summed E-state index contributed by atoms with van der Waals surface area (Å²) in [4.78, 5) is 18.9. The summed E-state index contributed by atoms with van der Waals surface area (Å²) in [5.41, 5.74) is 0.998. The van der Waals surface area contributed by atoms with Crippen molar-refractivity contribution in [2.24, 2.45) is 0 Å². The van der Waals surface area contributed by atoms with Crippen LogP contribution in [0.5, 0.6) is 0 Å². The second kappa shape index (κ2) is 6.68. The molecule has 0 fully saturated rings. The van der Waals surface area contributed by atoms with Crippen molar-refractivity contribution in [3.63, 3.8) is 0 Å². The molecule has 0 aliphatic carbocycles. The summed E-state index contributed by atoms with van der Waals surface area (Å²) in [7, 11) is 0. The van der Waals surface area contributed by atoms with Crippen molar-refractivity contribution in [1.29, 1.82) is 0 Å². The largest absolute Gasteiger partial charge is 0.444 e. The van der Waals surface area contributed by atoms with Crippen LogP contribution in [0, 0.1) is 12.7 Å². The number of aromatic nitrogens is 2. The van der Waals surface area contributed by atoms with Crippen LogP contribution in [0.2, 0.25) is 0 Å². The second-order valence-corrected chi connectivity index (χ2v) is 6.17. The highest BCUT2D eigenvalue weighted by atomic mass is 19.1. The van der Waals surface area contributed by atoms with Gasteiger partial charge < -0.3 is 15.0 Å². The van der Waals surface area contributed by atoms with Crippen molar-refractivity contribution in [1.82, 2.24) is 9.97 Å². The number of benzene rings is 1. The van der Waals surface area contributed by atoms with E-state index in [1.165, 1.54) is 12.1 Å². The average molecular weight is 320 g/mol. The van der Waals surface area contributed by atoms with Crippen LogP contribution in [0.1, 0.15) is 32.3 Å². The van der Waals surface area contributed by atoms with E-state index in [-0.39, 0.29) is 5.69 Å². The first-order chi connectivity index (χ1) is 10.7. The molecule has 6 nitrogen and oxygen atoms in total. The van der Waals surface area contributed by atoms with Gasteiger partial charge in [0, 0.05) is 5.69 Å². The van der Waals surface area contributed by atoms with Crippen LogP contribution in [0.15, 0.2) is 24.4 Å². The molecule has 1 amide bonds. The summed E-state index contributed by atoms with van der Waals surface area (Å²) >= 11 is 0. The minimum Gasteiger partial charge on any atom is -0.444 e. The fourth-order valence-corrected chi connectivity index (χ4v) is 1.90. The molecule has 0 saturated carbocycles. The van der Waals surface area contributed by atoms with Crippen molar-refractivity contribution in [2.45, 2.75) is 39.8 Å². The summed E-state index contributed by atoms with van der Waals surface area (Å²) in [5, 5.41) is 5.55. The van der Waals surface area contributed by atoms with Gasteiger partial charge >= 0.3 is 6.09 Å². The number of ether oxygens (including phenoxy) is 1. The number of carbonyl (C=O) groups is 1. The van der Waals surface area contributed by atoms with Crippen molar-refractivity contribution >= 4 is 17.5 Å². The van der Waals surface area contributed by atoms with Crippen molar-refractivity contribution < 1.29 is 13.9 Å². The number of nitrogens with one attached hydrogen (secondary N) is 3. The highest BCUT2D eigenvalue weighted by Gasteiger charge is 2.17. The standard InChI is InChI=1S/C16H21FN4O2/c1-10-18-8-12(20-10)9-19-11-5-6-13(17)14(7-11)21-15(22)23-16(2,3)4/h5-8,19H,9H2,1-4H3,(H,18,20)(H,21,22). The van der Waals surface area contributed by atoms with E-state index in [9.17, 15) is 9.18 Å². The predicted octanol–water partition coefficient (Wildman–Crippen LogP) is 3.82. The average Bonchev–Trinajstić information content (AvgIpc) is 2.83. The van der Waals surface area contributed by atoms with Crippen LogP contribution in [-0.4, -0.2) is 21.7 Å². The third-order valence-electron chi connectivity index (χ3n) is 2.84. The molecule has 0 aliphatic rings. The lowest BCUT2D eigenvalue weighted by atomic mass is 10.2. The molecule has 0 bridgehead atoms. The van der Waals surface area contributed by atoms with Gasteiger partial charge in [-0.15, -0.1) is 0 Å². The third-order valence-corrected chi connectivity index (χ3v) is 2.84. The Hall–Kier alpha value is -2.57. The molecule has 124 valence electrons. The number of rotatable bonds is 4. The molecule has 2 aromatic rings. The third kappa shape index (κ3) is 5.28. The Kier molecular flexibility index (Phi) is 4.88. The second-order valence-electron chi connectivity index (χ2n) is 6.17. The summed E-state index contributed by atoms with van der Waals surface area (Å²) in [6, 6.07) is 4.40. The molecule has 1 aromatic heterocycles. The molecule has 0 saturated heterocycles. The van der Waals surface area contributed by atoms with Gasteiger partial charge in [0.1, 0.15) is 17.2 Å². The molecule has 1 aromatic carbocycles. The molecule has 3 N–H and O–H groups in total. The molecule has 7 heteroatoms. The SMILES string of the molecule is Cc1ncc(CNc2ccc(F)c(NC(=O)OC(C)(C)C)c2)[nH]1. The van der Waals surface area contributed by atoms with Crippen LogP contribution >= 0.6 is 0 Å². The van der Waals surface area contributed by atoms with Crippen LogP contribution in [-0.2, 0) is 11.3 Å². The molecule has 1 heterocycles. The maximum Gasteiger partial charge on any atom is 0.412 e. The number of halogens is 1. The molecule has 23 heavy (non-hydrogen) atoms. The molecular formula is C16H21FN4O2. The zero-order valence-corrected chi connectivity index (χ0v) is 13.7. The van der Waals surface area contributed by atoms with Crippen molar-refractivity contribution in [3.8, 4) is 0 Å². The quantitative estimate of drug-likeness (QED) is 0.800. The first-order valence-electron chi connectivity index (χ1n) is 7.27. The summed E-state index contributed by atoms with van der Waals surface area (Å²) in [6.45, 7) is 7.61.